The van der Waals surface area contributed by atoms with E-state index < -0.39 is 11.7 Å². The van der Waals surface area contributed by atoms with Crippen LogP contribution in [0.25, 0.3) is 11.4 Å². The molecule has 7 rings (SSSR count). The highest BCUT2D eigenvalue weighted by Crippen LogP contribution is 2.35. The molecule has 2 aromatic heterocycles. The van der Waals surface area contributed by atoms with Crippen molar-refractivity contribution < 1.29 is 13.2 Å². The lowest BCUT2D eigenvalue weighted by Crippen LogP contribution is -2.45. The minimum atomic E-state index is -4.44. The first-order valence-corrected chi connectivity index (χ1v) is 16.6. The summed E-state index contributed by atoms with van der Waals surface area (Å²) in [5.74, 6) is 0.0872. The standard InChI is InChI=1S/C22H21F3N4.C15H17ClN4/c23-22(24,25)19-9-5-4-8-18(19)21-27-12-16(13-28-21)14-29-11-10-26-20(15-29)17-6-2-1-3-7-17;16-15-18-8-12(9-19-15)10-20-7-6-17-14(11-20)13-4-2-1-3-5-13/h1-9,12-13,20,26H,10-11,14-15H2;1-5,8-9,14,17H,6-7,10-11H2. The molecule has 0 saturated carbocycles. The summed E-state index contributed by atoms with van der Waals surface area (Å²) >= 11 is 5.71. The van der Waals surface area contributed by atoms with Crippen molar-refractivity contribution in [2.24, 2.45) is 0 Å². The van der Waals surface area contributed by atoms with Gasteiger partial charge < -0.3 is 10.6 Å². The van der Waals surface area contributed by atoms with Gasteiger partial charge in [0.15, 0.2) is 5.82 Å². The van der Waals surface area contributed by atoms with Gasteiger partial charge in [-0.15, -0.1) is 0 Å². The van der Waals surface area contributed by atoms with Crippen molar-refractivity contribution >= 4 is 11.6 Å². The molecule has 0 bridgehead atoms. The Balaban J connectivity index is 0.000000182. The highest BCUT2D eigenvalue weighted by Gasteiger charge is 2.34. The van der Waals surface area contributed by atoms with Gasteiger partial charge in [0.2, 0.25) is 5.28 Å². The van der Waals surface area contributed by atoms with Crippen LogP contribution >= 0.6 is 11.6 Å². The topological polar surface area (TPSA) is 82.1 Å². The highest BCUT2D eigenvalue weighted by molar-refractivity contribution is 6.28. The summed E-state index contributed by atoms with van der Waals surface area (Å²) < 4.78 is 39.7. The molecule has 2 N–H and O–H groups in total. The molecule has 5 aromatic rings. The van der Waals surface area contributed by atoms with E-state index in [-0.39, 0.29) is 17.4 Å². The molecule has 49 heavy (non-hydrogen) atoms. The van der Waals surface area contributed by atoms with Crippen molar-refractivity contribution in [3.63, 3.8) is 0 Å². The molecule has 2 unspecified atom stereocenters. The Labute approximate surface area is 289 Å². The maximum absolute atomic E-state index is 13.2. The molecule has 3 aromatic carbocycles. The van der Waals surface area contributed by atoms with Crippen molar-refractivity contribution in [1.29, 1.82) is 0 Å². The van der Waals surface area contributed by atoms with Crippen LogP contribution in [0.1, 0.15) is 39.9 Å². The molecule has 8 nitrogen and oxygen atoms in total. The van der Waals surface area contributed by atoms with Crippen LogP contribution in [0.5, 0.6) is 0 Å². The van der Waals surface area contributed by atoms with Crippen LogP contribution < -0.4 is 10.6 Å². The molecule has 2 aliphatic heterocycles. The van der Waals surface area contributed by atoms with Crippen molar-refractivity contribution in [3.05, 3.63) is 143 Å². The van der Waals surface area contributed by atoms with Crippen molar-refractivity contribution in [3.8, 4) is 11.4 Å². The molecule has 4 heterocycles. The average Bonchev–Trinajstić information content (AvgIpc) is 3.14. The average molecular weight is 687 g/mol. The third-order valence-electron chi connectivity index (χ3n) is 8.59. The van der Waals surface area contributed by atoms with Gasteiger partial charge in [-0.2, -0.15) is 13.2 Å². The zero-order valence-electron chi connectivity index (χ0n) is 26.9. The smallest absolute Gasteiger partial charge is 0.308 e. The third-order valence-corrected chi connectivity index (χ3v) is 8.78. The van der Waals surface area contributed by atoms with E-state index in [0.717, 1.165) is 63.0 Å². The maximum Gasteiger partial charge on any atom is 0.417 e. The predicted molar refractivity (Wildman–Crippen MR) is 184 cm³/mol. The molecular weight excluding hydrogens is 649 g/mol. The monoisotopic (exact) mass is 686 g/mol. The summed E-state index contributed by atoms with van der Waals surface area (Å²) in [5, 5.41) is 7.39. The molecule has 2 fully saturated rings. The molecule has 0 aliphatic carbocycles. The Morgan fingerprint density at radius 1 is 0.633 bits per heavy atom. The molecule has 12 heteroatoms. The second-order valence-corrected chi connectivity index (χ2v) is 12.5. The fraction of sp³-hybridized carbons (Fsp3) is 0.297. The van der Waals surface area contributed by atoms with Gasteiger partial charge in [-0.05, 0) is 28.8 Å². The summed E-state index contributed by atoms with van der Waals surface area (Å²) in [4.78, 5) is 21.2. The Kier molecular flexibility index (Phi) is 11.6. The lowest BCUT2D eigenvalue weighted by molar-refractivity contribution is -0.137. The van der Waals surface area contributed by atoms with Gasteiger partial charge in [0, 0.05) is 106 Å². The minimum absolute atomic E-state index is 0.00198. The van der Waals surface area contributed by atoms with E-state index in [1.807, 2.05) is 18.2 Å². The van der Waals surface area contributed by atoms with Crippen molar-refractivity contribution in [2.45, 2.75) is 31.3 Å². The van der Waals surface area contributed by atoms with Crippen molar-refractivity contribution in [1.82, 2.24) is 40.4 Å². The molecule has 2 atom stereocenters. The lowest BCUT2D eigenvalue weighted by atomic mass is 10.0. The molecular formula is C37H38ClF3N8. The Hall–Kier alpha value is -4.26. The first-order chi connectivity index (χ1) is 23.8. The molecule has 0 spiro atoms. The van der Waals surface area contributed by atoms with E-state index in [4.69, 9.17) is 11.6 Å². The van der Waals surface area contributed by atoms with Crippen LogP contribution in [-0.4, -0.2) is 69.0 Å². The van der Waals surface area contributed by atoms with Gasteiger partial charge in [-0.25, -0.2) is 19.9 Å². The summed E-state index contributed by atoms with van der Waals surface area (Å²) in [6, 6.07) is 26.9. The molecule has 0 radical (unpaired) electrons. The normalized spacial score (nSPS) is 18.8. The fourth-order valence-corrected chi connectivity index (χ4v) is 6.26. The number of halogens is 4. The van der Waals surface area contributed by atoms with Crippen LogP contribution in [0.4, 0.5) is 13.2 Å². The van der Waals surface area contributed by atoms with Gasteiger partial charge in [-0.1, -0.05) is 78.9 Å². The highest BCUT2D eigenvalue weighted by atomic mass is 35.5. The number of nitrogens with one attached hydrogen (secondary N) is 2. The van der Waals surface area contributed by atoms with Crippen LogP contribution in [-0.2, 0) is 19.3 Å². The van der Waals surface area contributed by atoms with Gasteiger partial charge in [0.1, 0.15) is 0 Å². The third kappa shape index (κ3) is 9.68. The number of hydrogen-bond donors (Lipinski definition) is 2. The zero-order valence-corrected chi connectivity index (χ0v) is 27.7. The summed E-state index contributed by atoms with van der Waals surface area (Å²) in [7, 11) is 0. The quantitative estimate of drug-likeness (QED) is 0.186. The second-order valence-electron chi connectivity index (χ2n) is 12.1. The van der Waals surface area contributed by atoms with Gasteiger partial charge in [0.05, 0.1) is 5.56 Å². The minimum Gasteiger partial charge on any atom is -0.308 e. The number of benzene rings is 3. The number of hydrogen-bond acceptors (Lipinski definition) is 8. The first kappa shape index (κ1) is 34.6. The Morgan fingerprint density at radius 3 is 1.57 bits per heavy atom. The summed E-state index contributed by atoms with van der Waals surface area (Å²) in [6.07, 6.45) is 2.40. The van der Waals surface area contributed by atoms with Crippen molar-refractivity contribution in [2.75, 3.05) is 39.3 Å². The van der Waals surface area contributed by atoms with Crippen LogP contribution in [0.15, 0.2) is 110 Å². The fourth-order valence-electron chi connectivity index (χ4n) is 6.16. The van der Waals surface area contributed by atoms with Crippen LogP contribution in [0.3, 0.4) is 0 Å². The number of rotatable bonds is 7. The number of aromatic nitrogens is 4. The molecule has 2 aliphatic rings. The van der Waals surface area contributed by atoms with Gasteiger partial charge in [0.25, 0.3) is 0 Å². The van der Waals surface area contributed by atoms with E-state index in [1.54, 1.807) is 30.9 Å². The molecule has 254 valence electrons. The maximum atomic E-state index is 13.2. The van der Waals surface area contributed by atoms with E-state index >= 15 is 0 Å². The number of nitrogens with zero attached hydrogens (tertiary/aromatic N) is 6. The van der Waals surface area contributed by atoms with Gasteiger partial charge >= 0.3 is 6.18 Å². The lowest BCUT2D eigenvalue weighted by Gasteiger charge is -2.33. The zero-order chi connectivity index (χ0) is 34.1. The SMILES string of the molecule is Clc1ncc(CN2CCNC(c3ccccc3)C2)cn1.FC(F)(F)c1ccccc1-c1ncc(CN2CCNC(c3ccccc3)C2)cn1. The van der Waals surface area contributed by atoms with Crippen LogP contribution in [0, 0.1) is 0 Å². The second kappa shape index (κ2) is 16.4. The predicted octanol–water partition coefficient (Wildman–Crippen LogP) is 6.59. The number of piperazine rings is 2. The summed E-state index contributed by atoms with van der Waals surface area (Å²) in [5.41, 5.74) is 3.84. The molecule has 0 amide bonds. The van der Waals surface area contributed by atoms with E-state index in [1.165, 1.54) is 23.3 Å². The Morgan fingerprint density at radius 2 is 1.08 bits per heavy atom. The van der Waals surface area contributed by atoms with Gasteiger partial charge in [-0.3, -0.25) is 9.80 Å². The van der Waals surface area contributed by atoms with Crippen LogP contribution in [0.2, 0.25) is 5.28 Å². The van der Waals surface area contributed by atoms with E-state index in [2.05, 4.69) is 82.8 Å². The Bertz CT molecular complexity index is 1740. The summed E-state index contributed by atoms with van der Waals surface area (Å²) in [6.45, 7) is 7.16. The molecule has 2 saturated heterocycles. The first-order valence-electron chi connectivity index (χ1n) is 16.3. The largest absolute Gasteiger partial charge is 0.417 e. The number of alkyl halides is 3. The van der Waals surface area contributed by atoms with E-state index in [9.17, 15) is 13.2 Å². The van der Waals surface area contributed by atoms with E-state index in [0.29, 0.717) is 17.9 Å².